The van der Waals surface area contributed by atoms with Gasteiger partial charge in [-0.2, -0.15) is 0 Å². The van der Waals surface area contributed by atoms with E-state index in [4.69, 9.17) is 5.73 Å². The third-order valence-electron chi connectivity index (χ3n) is 4.20. The zero-order chi connectivity index (χ0) is 12.3. The van der Waals surface area contributed by atoms with Gasteiger partial charge in [0.1, 0.15) is 0 Å². The van der Waals surface area contributed by atoms with E-state index in [9.17, 15) is 4.79 Å². The van der Waals surface area contributed by atoms with Gasteiger partial charge in [-0.25, -0.2) is 0 Å². The van der Waals surface area contributed by atoms with Crippen LogP contribution in [0, 0.1) is 11.3 Å². The number of carbonyl (C=O) groups excluding carboxylic acids is 1. The molecular formula is C14H24N2O. The van der Waals surface area contributed by atoms with Crippen LogP contribution in [0.15, 0.2) is 12.2 Å². The van der Waals surface area contributed by atoms with Gasteiger partial charge in [0.2, 0.25) is 5.91 Å². The summed E-state index contributed by atoms with van der Waals surface area (Å²) in [5, 5.41) is 3.11. The van der Waals surface area contributed by atoms with Gasteiger partial charge in [0.05, 0.1) is 5.92 Å². The first-order valence-corrected chi connectivity index (χ1v) is 6.81. The molecule has 0 aromatic carbocycles. The summed E-state index contributed by atoms with van der Waals surface area (Å²) in [5.41, 5.74) is 6.08. The molecule has 0 aromatic heterocycles. The summed E-state index contributed by atoms with van der Waals surface area (Å²) in [7, 11) is 0. The Morgan fingerprint density at radius 1 is 1.35 bits per heavy atom. The van der Waals surface area contributed by atoms with Crippen LogP contribution in [0.5, 0.6) is 0 Å². The Morgan fingerprint density at radius 2 is 2.06 bits per heavy atom. The third kappa shape index (κ3) is 3.32. The van der Waals surface area contributed by atoms with Crippen molar-refractivity contribution in [1.29, 1.82) is 0 Å². The summed E-state index contributed by atoms with van der Waals surface area (Å²) in [6.07, 6.45) is 11.1. The Labute approximate surface area is 104 Å². The summed E-state index contributed by atoms with van der Waals surface area (Å²) >= 11 is 0. The van der Waals surface area contributed by atoms with Crippen molar-refractivity contribution in [2.75, 3.05) is 6.54 Å². The van der Waals surface area contributed by atoms with E-state index in [-0.39, 0.29) is 17.9 Å². The number of nitrogens with two attached hydrogens (primary N) is 1. The quantitative estimate of drug-likeness (QED) is 0.736. The predicted molar refractivity (Wildman–Crippen MR) is 69.4 cm³/mol. The lowest BCUT2D eigenvalue weighted by Gasteiger charge is -2.34. The van der Waals surface area contributed by atoms with E-state index in [1.54, 1.807) is 0 Å². The van der Waals surface area contributed by atoms with Gasteiger partial charge in [-0.15, -0.1) is 0 Å². The van der Waals surface area contributed by atoms with Crippen molar-refractivity contribution in [3.8, 4) is 0 Å². The van der Waals surface area contributed by atoms with Gasteiger partial charge in [0.25, 0.3) is 0 Å². The highest BCUT2D eigenvalue weighted by molar-refractivity contribution is 5.81. The number of nitrogens with one attached hydrogen (secondary N) is 1. The first-order valence-electron chi connectivity index (χ1n) is 6.81. The fraction of sp³-hybridized carbons (Fsp3) is 0.786. The lowest BCUT2D eigenvalue weighted by Crippen LogP contribution is -2.39. The van der Waals surface area contributed by atoms with E-state index in [0.717, 1.165) is 13.0 Å². The molecule has 0 heterocycles. The predicted octanol–water partition coefficient (Wildman–Crippen LogP) is 1.98. The molecular weight excluding hydrogens is 212 g/mol. The lowest BCUT2D eigenvalue weighted by molar-refractivity contribution is -0.124. The molecule has 17 heavy (non-hydrogen) atoms. The lowest BCUT2D eigenvalue weighted by atomic mass is 9.75. The average Bonchev–Trinajstić information content (AvgIpc) is 2.74. The largest absolute Gasteiger partial charge is 0.355 e. The molecule has 3 N–H and O–H groups in total. The SMILES string of the molecule is CC1(CNC(=O)C2C=CC(N)C2)CCCCC1. The second-order valence-electron chi connectivity index (χ2n) is 5.98. The Bertz CT molecular complexity index is 305. The van der Waals surface area contributed by atoms with Gasteiger partial charge in [0.15, 0.2) is 0 Å². The summed E-state index contributed by atoms with van der Waals surface area (Å²) in [5.74, 6) is 0.151. The van der Waals surface area contributed by atoms with Crippen molar-refractivity contribution >= 4 is 5.91 Å². The number of rotatable bonds is 3. The molecule has 0 saturated heterocycles. The van der Waals surface area contributed by atoms with E-state index in [1.807, 2.05) is 12.2 Å². The van der Waals surface area contributed by atoms with E-state index < -0.39 is 0 Å². The zero-order valence-corrected chi connectivity index (χ0v) is 10.7. The minimum atomic E-state index is -0.00260. The molecule has 3 heteroatoms. The van der Waals surface area contributed by atoms with Crippen LogP contribution in [0.4, 0.5) is 0 Å². The molecule has 3 nitrogen and oxygen atoms in total. The minimum Gasteiger partial charge on any atom is -0.355 e. The van der Waals surface area contributed by atoms with E-state index in [1.165, 1.54) is 32.1 Å². The number of carbonyl (C=O) groups is 1. The summed E-state index contributed by atoms with van der Waals surface area (Å²) in [6, 6.07) is 0.0658. The maximum Gasteiger partial charge on any atom is 0.227 e. The van der Waals surface area contributed by atoms with Gasteiger partial charge in [-0.1, -0.05) is 38.3 Å². The molecule has 0 radical (unpaired) electrons. The summed E-state index contributed by atoms with van der Waals surface area (Å²) in [4.78, 5) is 12.0. The fourth-order valence-corrected chi connectivity index (χ4v) is 2.94. The van der Waals surface area contributed by atoms with Gasteiger partial charge in [0, 0.05) is 12.6 Å². The maximum absolute atomic E-state index is 12.0. The molecule has 0 aromatic rings. The van der Waals surface area contributed by atoms with Crippen molar-refractivity contribution in [2.45, 2.75) is 51.5 Å². The molecule has 1 amide bonds. The van der Waals surface area contributed by atoms with Gasteiger partial charge >= 0.3 is 0 Å². The fourth-order valence-electron chi connectivity index (χ4n) is 2.94. The van der Waals surface area contributed by atoms with Crippen molar-refractivity contribution in [2.24, 2.45) is 17.1 Å². The van der Waals surface area contributed by atoms with Gasteiger partial charge < -0.3 is 11.1 Å². The molecule has 0 bridgehead atoms. The highest BCUT2D eigenvalue weighted by Crippen LogP contribution is 2.35. The molecule has 2 rings (SSSR count). The normalized spacial score (nSPS) is 31.4. The molecule has 2 atom stereocenters. The first-order chi connectivity index (χ1) is 8.09. The summed E-state index contributed by atoms with van der Waals surface area (Å²) < 4.78 is 0. The topological polar surface area (TPSA) is 55.1 Å². The standard InChI is InChI=1S/C14H24N2O/c1-14(7-3-2-4-8-14)10-16-13(17)11-5-6-12(15)9-11/h5-6,11-12H,2-4,7-10,15H2,1H3,(H,16,17). The van der Waals surface area contributed by atoms with Crippen molar-refractivity contribution < 1.29 is 4.79 Å². The highest BCUT2D eigenvalue weighted by Gasteiger charge is 2.29. The molecule has 96 valence electrons. The van der Waals surface area contributed by atoms with Crippen LogP contribution in [0.25, 0.3) is 0 Å². The molecule has 2 aliphatic carbocycles. The van der Waals surface area contributed by atoms with Gasteiger partial charge in [-0.3, -0.25) is 4.79 Å². The zero-order valence-electron chi connectivity index (χ0n) is 10.7. The van der Waals surface area contributed by atoms with Crippen molar-refractivity contribution in [3.05, 3.63) is 12.2 Å². The van der Waals surface area contributed by atoms with Crippen molar-refractivity contribution in [3.63, 3.8) is 0 Å². The molecule has 1 fully saturated rings. The molecule has 2 aliphatic rings. The Hall–Kier alpha value is -0.830. The van der Waals surface area contributed by atoms with Crippen LogP contribution in [-0.4, -0.2) is 18.5 Å². The average molecular weight is 236 g/mol. The Kier molecular flexibility index (Phi) is 3.87. The minimum absolute atomic E-state index is 0.00260. The van der Waals surface area contributed by atoms with Crippen LogP contribution >= 0.6 is 0 Å². The molecule has 1 saturated carbocycles. The molecule has 0 spiro atoms. The van der Waals surface area contributed by atoms with Crippen LogP contribution in [-0.2, 0) is 4.79 Å². The smallest absolute Gasteiger partial charge is 0.227 e. The number of amides is 1. The Morgan fingerprint density at radius 3 is 2.65 bits per heavy atom. The molecule has 2 unspecified atom stereocenters. The van der Waals surface area contributed by atoms with Crippen LogP contribution in [0.3, 0.4) is 0 Å². The van der Waals surface area contributed by atoms with Crippen LogP contribution in [0.2, 0.25) is 0 Å². The second kappa shape index (κ2) is 5.21. The first kappa shape index (κ1) is 12.6. The van der Waals surface area contributed by atoms with Crippen LogP contribution < -0.4 is 11.1 Å². The van der Waals surface area contributed by atoms with E-state index >= 15 is 0 Å². The third-order valence-corrected chi connectivity index (χ3v) is 4.20. The maximum atomic E-state index is 12.0. The monoisotopic (exact) mass is 236 g/mol. The number of hydrogen-bond donors (Lipinski definition) is 2. The van der Waals surface area contributed by atoms with Crippen LogP contribution in [0.1, 0.15) is 45.4 Å². The molecule has 0 aliphatic heterocycles. The number of hydrogen-bond acceptors (Lipinski definition) is 2. The van der Waals surface area contributed by atoms with Gasteiger partial charge in [-0.05, 0) is 24.7 Å². The van der Waals surface area contributed by atoms with Crippen molar-refractivity contribution in [1.82, 2.24) is 5.32 Å². The Balaban J connectivity index is 1.77. The second-order valence-corrected chi connectivity index (χ2v) is 5.98. The highest BCUT2D eigenvalue weighted by atomic mass is 16.1. The van der Waals surface area contributed by atoms with E-state index in [2.05, 4.69) is 12.2 Å². The summed E-state index contributed by atoms with van der Waals surface area (Å²) in [6.45, 7) is 3.12. The van der Waals surface area contributed by atoms with E-state index in [0.29, 0.717) is 5.41 Å².